The van der Waals surface area contributed by atoms with Crippen molar-refractivity contribution in [3.63, 3.8) is 0 Å². The van der Waals surface area contributed by atoms with Crippen LogP contribution in [0.3, 0.4) is 0 Å². The lowest BCUT2D eigenvalue weighted by Gasteiger charge is -2.34. The van der Waals surface area contributed by atoms with Gasteiger partial charge in [0.15, 0.2) is 0 Å². The Morgan fingerprint density at radius 2 is 2.20 bits per heavy atom. The number of carbonyl (C=O) groups is 2. The van der Waals surface area contributed by atoms with Gasteiger partial charge in [0, 0.05) is 12.1 Å². The van der Waals surface area contributed by atoms with Gasteiger partial charge in [-0.3, -0.25) is 4.79 Å². The molecule has 2 aliphatic rings. The molecule has 0 bridgehead atoms. The summed E-state index contributed by atoms with van der Waals surface area (Å²) in [6, 6.07) is 4.66. The first-order chi connectivity index (χ1) is 9.61. The van der Waals surface area contributed by atoms with Crippen LogP contribution in [0.15, 0.2) is 18.2 Å². The number of hydrogen-bond acceptors (Lipinski definition) is 4. The molecule has 20 heavy (non-hydrogen) atoms. The van der Waals surface area contributed by atoms with E-state index in [1.807, 2.05) is 6.07 Å². The highest BCUT2D eigenvalue weighted by Crippen LogP contribution is 2.29. The summed E-state index contributed by atoms with van der Waals surface area (Å²) >= 11 is 0. The van der Waals surface area contributed by atoms with Gasteiger partial charge in [-0.2, -0.15) is 0 Å². The molecular weight excluding hydrogens is 260 g/mol. The molecule has 1 aromatic carbocycles. The van der Waals surface area contributed by atoms with Gasteiger partial charge >= 0.3 is 5.91 Å². The van der Waals surface area contributed by atoms with Crippen LogP contribution in [-0.4, -0.2) is 36.4 Å². The van der Waals surface area contributed by atoms with Crippen molar-refractivity contribution in [3.8, 4) is 5.75 Å². The number of rotatable bonds is 2. The lowest BCUT2D eigenvalue weighted by Crippen LogP contribution is -3.13. The van der Waals surface area contributed by atoms with Crippen LogP contribution in [-0.2, 0) is 11.3 Å². The van der Waals surface area contributed by atoms with E-state index in [0.717, 1.165) is 5.56 Å². The third-order valence-corrected chi connectivity index (χ3v) is 3.98. The van der Waals surface area contributed by atoms with Gasteiger partial charge < -0.3 is 19.9 Å². The van der Waals surface area contributed by atoms with Gasteiger partial charge in [0.25, 0.3) is 5.91 Å². The Labute approximate surface area is 116 Å². The summed E-state index contributed by atoms with van der Waals surface area (Å²) in [6.45, 7) is 0.674. The van der Waals surface area contributed by atoms with Gasteiger partial charge in [-0.25, -0.2) is 4.79 Å². The molecule has 6 heteroatoms. The Morgan fingerprint density at radius 3 is 2.95 bits per heavy atom. The highest BCUT2D eigenvalue weighted by molar-refractivity contribution is 6.00. The summed E-state index contributed by atoms with van der Waals surface area (Å²) in [4.78, 5) is 25.9. The van der Waals surface area contributed by atoms with Crippen LogP contribution < -0.4 is 9.80 Å². The fourth-order valence-corrected chi connectivity index (χ4v) is 2.89. The molecule has 3 rings (SSSR count). The number of nitrogens with zero attached hydrogens (tertiary/aromatic N) is 1. The number of quaternary nitrogens is 1. The molecule has 0 aliphatic carbocycles. The minimum Gasteiger partial charge on any atom is -0.627 e. The predicted molar refractivity (Wildman–Crippen MR) is 70.1 cm³/mol. The monoisotopic (exact) mass is 276 g/mol. The third kappa shape index (κ3) is 1.97. The SMILES string of the molecule is COc1ccc2c(c1)CN(C1CCC[NH+]([O-])C1=O)C2=O. The fraction of sp³-hybridized carbons (Fsp3) is 0.429. The number of piperidine rings is 1. The first-order valence-corrected chi connectivity index (χ1v) is 6.66. The number of hydrogen-bond donors (Lipinski definition) is 1. The summed E-state index contributed by atoms with van der Waals surface area (Å²) in [5.41, 5.74) is 1.44. The lowest BCUT2D eigenvalue weighted by molar-refractivity contribution is -0.770. The van der Waals surface area contributed by atoms with Crippen molar-refractivity contribution < 1.29 is 19.4 Å². The standard InChI is InChI=1S/C14H16N2O4/c1-20-10-4-5-11-9(7-10)8-15(13(11)17)12-3-2-6-16(19)14(12)18/h4-5,7,12,16H,2-3,6,8H2,1H3. The van der Waals surface area contributed by atoms with Gasteiger partial charge in [-0.15, -0.1) is 0 Å². The second kappa shape index (κ2) is 4.88. The van der Waals surface area contributed by atoms with Crippen LogP contribution >= 0.6 is 0 Å². The van der Waals surface area contributed by atoms with Gasteiger partial charge in [0.2, 0.25) is 0 Å². The van der Waals surface area contributed by atoms with Gasteiger partial charge in [0.05, 0.1) is 13.7 Å². The lowest BCUT2D eigenvalue weighted by atomic mass is 10.0. The minimum atomic E-state index is -0.595. The molecule has 0 radical (unpaired) electrons. The summed E-state index contributed by atoms with van der Waals surface area (Å²) in [6.07, 6.45) is 1.24. The molecule has 0 spiro atoms. The van der Waals surface area contributed by atoms with E-state index < -0.39 is 11.9 Å². The van der Waals surface area contributed by atoms with Gasteiger partial charge in [0.1, 0.15) is 11.8 Å². The summed E-state index contributed by atoms with van der Waals surface area (Å²) < 4.78 is 5.14. The normalized spacial score (nSPS) is 25.8. The number of nitrogens with one attached hydrogen (secondary N) is 1. The maximum atomic E-state index is 12.4. The van der Waals surface area contributed by atoms with Crippen LogP contribution in [0.5, 0.6) is 5.75 Å². The van der Waals surface area contributed by atoms with E-state index in [9.17, 15) is 14.8 Å². The number of ether oxygens (including phenoxy) is 1. The van der Waals surface area contributed by atoms with E-state index in [4.69, 9.17) is 4.74 Å². The Morgan fingerprint density at radius 1 is 1.40 bits per heavy atom. The Balaban J connectivity index is 1.87. The molecule has 2 unspecified atom stereocenters. The van der Waals surface area contributed by atoms with Crippen molar-refractivity contribution in [2.45, 2.75) is 25.4 Å². The number of carbonyl (C=O) groups excluding carboxylic acids is 2. The molecule has 2 atom stereocenters. The van der Waals surface area contributed by atoms with Crippen LogP contribution in [0.1, 0.15) is 28.8 Å². The Hall–Kier alpha value is -1.92. The smallest absolute Gasteiger partial charge is 0.334 e. The maximum absolute atomic E-state index is 12.4. The fourth-order valence-electron chi connectivity index (χ4n) is 2.89. The number of methoxy groups -OCH3 is 1. The average molecular weight is 276 g/mol. The zero-order chi connectivity index (χ0) is 14.3. The topological polar surface area (TPSA) is 74.1 Å². The summed E-state index contributed by atoms with van der Waals surface area (Å²) in [5, 5.41) is 11.2. The minimum absolute atomic E-state index is 0.171. The van der Waals surface area contributed by atoms with E-state index in [1.54, 1.807) is 19.2 Å². The van der Waals surface area contributed by atoms with E-state index >= 15 is 0 Å². The van der Waals surface area contributed by atoms with Gasteiger partial charge in [-0.05, 0) is 36.6 Å². The average Bonchev–Trinajstić information content (AvgIpc) is 2.78. The molecule has 106 valence electrons. The molecule has 0 saturated carbocycles. The molecule has 2 aliphatic heterocycles. The number of amides is 2. The molecule has 1 aromatic rings. The number of benzene rings is 1. The second-order valence-electron chi connectivity index (χ2n) is 5.15. The molecule has 1 fully saturated rings. The molecular formula is C14H16N2O4. The number of hydroxylamine groups is 2. The Kier molecular flexibility index (Phi) is 3.19. The van der Waals surface area contributed by atoms with Crippen LogP contribution in [0, 0.1) is 5.21 Å². The molecule has 2 heterocycles. The van der Waals surface area contributed by atoms with Crippen molar-refractivity contribution in [1.82, 2.24) is 4.90 Å². The maximum Gasteiger partial charge on any atom is 0.334 e. The molecule has 6 nitrogen and oxygen atoms in total. The molecule has 1 N–H and O–H groups in total. The quantitative estimate of drug-likeness (QED) is 0.754. The van der Waals surface area contributed by atoms with E-state index in [2.05, 4.69) is 0 Å². The van der Waals surface area contributed by atoms with Crippen LogP contribution in [0.2, 0.25) is 0 Å². The second-order valence-corrected chi connectivity index (χ2v) is 5.15. The molecule has 2 amide bonds. The number of fused-ring (bicyclic) bond motifs is 1. The summed E-state index contributed by atoms with van der Waals surface area (Å²) in [5.74, 6) is 0.0875. The van der Waals surface area contributed by atoms with Crippen LogP contribution in [0.25, 0.3) is 0 Å². The zero-order valence-electron chi connectivity index (χ0n) is 11.2. The summed E-state index contributed by atoms with van der Waals surface area (Å²) in [7, 11) is 1.57. The zero-order valence-corrected chi connectivity index (χ0v) is 11.2. The highest BCUT2D eigenvalue weighted by atomic mass is 16.5. The van der Waals surface area contributed by atoms with Crippen LogP contribution in [0.4, 0.5) is 0 Å². The predicted octanol–water partition coefficient (Wildman–Crippen LogP) is -0.277. The van der Waals surface area contributed by atoms with E-state index in [1.165, 1.54) is 4.90 Å². The third-order valence-electron chi connectivity index (χ3n) is 3.98. The van der Waals surface area contributed by atoms with Crippen molar-refractivity contribution in [1.29, 1.82) is 0 Å². The van der Waals surface area contributed by atoms with Crippen molar-refractivity contribution >= 4 is 11.8 Å². The Bertz CT molecular complexity index is 572. The largest absolute Gasteiger partial charge is 0.627 e. The molecule has 1 saturated heterocycles. The first-order valence-electron chi connectivity index (χ1n) is 6.66. The van der Waals surface area contributed by atoms with Gasteiger partial charge in [-0.1, -0.05) is 0 Å². The van der Waals surface area contributed by atoms with E-state index in [-0.39, 0.29) is 11.0 Å². The van der Waals surface area contributed by atoms with E-state index in [0.29, 0.717) is 37.2 Å². The van der Waals surface area contributed by atoms with Crippen molar-refractivity contribution in [3.05, 3.63) is 34.5 Å². The first kappa shape index (κ1) is 13.1. The highest BCUT2D eigenvalue weighted by Gasteiger charge is 2.40. The molecule has 0 aromatic heterocycles. The van der Waals surface area contributed by atoms with Crippen molar-refractivity contribution in [2.75, 3.05) is 13.7 Å². The van der Waals surface area contributed by atoms with Crippen molar-refractivity contribution in [2.24, 2.45) is 0 Å².